The predicted molar refractivity (Wildman–Crippen MR) is 99.3 cm³/mol. The van der Waals surface area contributed by atoms with Crippen LogP contribution in [-0.4, -0.2) is 33.0 Å². The third-order valence-electron chi connectivity index (χ3n) is 3.63. The monoisotopic (exact) mass is 366 g/mol. The number of hydrogen-bond acceptors (Lipinski definition) is 4. The summed E-state index contributed by atoms with van der Waals surface area (Å²) < 4.78 is 1.86. The number of nitrogens with one attached hydrogen (secondary N) is 1. The summed E-state index contributed by atoms with van der Waals surface area (Å²) in [5, 5.41) is 12.6. The van der Waals surface area contributed by atoms with Gasteiger partial charge in [0.15, 0.2) is 11.0 Å². The van der Waals surface area contributed by atoms with E-state index >= 15 is 0 Å². The Kier molecular flexibility index (Phi) is 7.59. The number of rotatable bonds is 9. The normalized spacial score (nSPS) is 10.8. The summed E-state index contributed by atoms with van der Waals surface area (Å²) in [7, 11) is 1.88. The molecule has 0 fully saturated rings. The largest absolute Gasteiger partial charge is 0.355 e. The van der Waals surface area contributed by atoms with Crippen molar-refractivity contribution in [3.05, 3.63) is 29.3 Å². The standard InChI is InChI=1S/C17H23ClN4OS/c1-3-4-5-8-11-19-15(23)12-24-17-21-20-16(22(17)2)13-9-6-7-10-14(13)18/h6-7,9-10H,3-5,8,11-12H2,1-2H3,(H,19,23). The zero-order valence-electron chi connectivity index (χ0n) is 14.1. The van der Waals surface area contributed by atoms with Crippen LogP contribution in [0.3, 0.4) is 0 Å². The first-order chi connectivity index (χ1) is 11.6. The molecule has 0 saturated carbocycles. The average molecular weight is 367 g/mol. The van der Waals surface area contributed by atoms with Gasteiger partial charge in [-0.2, -0.15) is 0 Å². The van der Waals surface area contributed by atoms with Crippen molar-refractivity contribution >= 4 is 29.3 Å². The van der Waals surface area contributed by atoms with Crippen molar-refractivity contribution < 1.29 is 4.79 Å². The first-order valence-electron chi connectivity index (χ1n) is 8.17. The number of thioether (sulfide) groups is 1. The molecule has 0 unspecified atom stereocenters. The predicted octanol–water partition coefficient (Wildman–Crippen LogP) is 3.92. The lowest BCUT2D eigenvalue weighted by Gasteiger charge is -2.06. The van der Waals surface area contributed by atoms with E-state index in [-0.39, 0.29) is 5.91 Å². The molecule has 0 spiro atoms. The maximum absolute atomic E-state index is 11.9. The Morgan fingerprint density at radius 2 is 2.04 bits per heavy atom. The molecule has 130 valence electrons. The van der Waals surface area contributed by atoms with Gasteiger partial charge >= 0.3 is 0 Å². The number of carbonyl (C=O) groups excluding carboxylic acids is 1. The van der Waals surface area contributed by atoms with Gasteiger partial charge < -0.3 is 9.88 Å². The van der Waals surface area contributed by atoms with Crippen molar-refractivity contribution in [1.82, 2.24) is 20.1 Å². The molecular weight excluding hydrogens is 344 g/mol. The first-order valence-corrected chi connectivity index (χ1v) is 9.53. The van der Waals surface area contributed by atoms with Crippen LogP contribution in [0.5, 0.6) is 0 Å². The van der Waals surface area contributed by atoms with Crippen LogP contribution in [0.4, 0.5) is 0 Å². The van der Waals surface area contributed by atoms with E-state index in [1.54, 1.807) is 0 Å². The van der Waals surface area contributed by atoms with Crippen LogP contribution in [0.25, 0.3) is 11.4 Å². The Labute approximate surface area is 152 Å². The number of carbonyl (C=O) groups is 1. The molecule has 24 heavy (non-hydrogen) atoms. The summed E-state index contributed by atoms with van der Waals surface area (Å²) in [6, 6.07) is 7.52. The summed E-state index contributed by atoms with van der Waals surface area (Å²) in [5.74, 6) is 1.06. The van der Waals surface area contributed by atoms with E-state index < -0.39 is 0 Å². The van der Waals surface area contributed by atoms with Crippen LogP contribution in [0, 0.1) is 0 Å². The number of benzene rings is 1. The molecule has 0 atom stereocenters. The smallest absolute Gasteiger partial charge is 0.230 e. The number of halogens is 1. The number of nitrogens with zero attached hydrogens (tertiary/aromatic N) is 3. The molecule has 0 aliphatic rings. The fourth-order valence-electron chi connectivity index (χ4n) is 2.28. The second kappa shape index (κ2) is 9.69. The summed E-state index contributed by atoms with van der Waals surface area (Å²) in [4.78, 5) is 11.9. The fraction of sp³-hybridized carbons (Fsp3) is 0.471. The van der Waals surface area contributed by atoms with Gasteiger partial charge in [0.05, 0.1) is 10.8 Å². The van der Waals surface area contributed by atoms with Crippen molar-refractivity contribution in [2.24, 2.45) is 7.05 Å². The molecule has 1 N–H and O–H groups in total. The molecule has 0 bridgehead atoms. The molecule has 7 heteroatoms. The topological polar surface area (TPSA) is 59.8 Å². The summed E-state index contributed by atoms with van der Waals surface area (Å²) in [6.45, 7) is 2.91. The Morgan fingerprint density at radius 3 is 2.79 bits per heavy atom. The van der Waals surface area contributed by atoms with Crippen LogP contribution in [0.15, 0.2) is 29.4 Å². The molecule has 1 amide bonds. The van der Waals surface area contributed by atoms with Gasteiger partial charge in [0.1, 0.15) is 0 Å². The van der Waals surface area contributed by atoms with Gasteiger partial charge in [0, 0.05) is 19.2 Å². The average Bonchev–Trinajstić information content (AvgIpc) is 2.94. The second-order valence-corrected chi connectivity index (χ2v) is 6.89. The molecule has 0 aliphatic heterocycles. The zero-order valence-corrected chi connectivity index (χ0v) is 15.7. The molecule has 0 saturated heterocycles. The van der Waals surface area contributed by atoms with Crippen LogP contribution < -0.4 is 5.32 Å². The number of hydrogen-bond donors (Lipinski definition) is 1. The van der Waals surface area contributed by atoms with Crippen LogP contribution in [0.1, 0.15) is 32.6 Å². The van der Waals surface area contributed by atoms with Gasteiger partial charge in [-0.15, -0.1) is 10.2 Å². The third-order valence-corrected chi connectivity index (χ3v) is 4.98. The summed E-state index contributed by atoms with van der Waals surface area (Å²) in [6.07, 6.45) is 4.61. The summed E-state index contributed by atoms with van der Waals surface area (Å²) in [5.41, 5.74) is 0.835. The van der Waals surface area contributed by atoms with Crippen molar-refractivity contribution in [2.45, 2.75) is 37.8 Å². The Morgan fingerprint density at radius 1 is 1.25 bits per heavy atom. The van der Waals surface area contributed by atoms with E-state index in [0.29, 0.717) is 21.8 Å². The van der Waals surface area contributed by atoms with E-state index in [2.05, 4.69) is 22.4 Å². The van der Waals surface area contributed by atoms with Crippen molar-refractivity contribution in [3.8, 4) is 11.4 Å². The molecule has 5 nitrogen and oxygen atoms in total. The van der Waals surface area contributed by atoms with Gasteiger partial charge in [-0.05, 0) is 18.6 Å². The highest BCUT2D eigenvalue weighted by Crippen LogP contribution is 2.28. The first kappa shape index (κ1) is 18.8. The number of amides is 1. The Balaban J connectivity index is 1.86. The van der Waals surface area contributed by atoms with Crippen molar-refractivity contribution in [1.29, 1.82) is 0 Å². The molecule has 2 rings (SSSR count). The molecule has 1 heterocycles. The molecule has 0 aliphatic carbocycles. The van der Waals surface area contributed by atoms with Crippen LogP contribution in [0.2, 0.25) is 5.02 Å². The minimum Gasteiger partial charge on any atom is -0.355 e. The van der Waals surface area contributed by atoms with E-state index in [1.807, 2.05) is 35.9 Å². The summed E-state index contributed by atoms with van der Waals surface area (Å²) >= 11 is 7.59. The van der Waals surface area contributed by atoms with Crippen LogP contribution in [-0.2, 0) is 11.8 Å². The number of unbranched alkanes of at least 4 members (excludes halogenated alkanes) is 3. The fourth-order valence-corrected chi connectivity index (χ4v) is 3.24. The Bertz CT molecular complexity index is 674. The van der Waals surface area contributed by atoms with Crippen molar-refractivity contribution in [3.63, 3.8) is 0 Å². The maximum atomic E-state index is 11.9. The van der Waals surface area contributed by atoms with Crippen LogP contribution >= 0.6 is 23.4 Å². The molecule has 2 aromatic rings. The SMILES string of the molecule is CCCCCCNC(=O)CSc1nnc(-c2ccccc2Cl)n1C. The van der Waals surface area contributed by atoms with Gasteiger partial charge in [-0.1, -0.05) is 61.7 Å². The van der Waals surface area contributed by atoms with Gasteiger partial charge in [-0.25, -0.2) is 0 Å². The third kappa shape index (κ3) is 5.24. The minimum absolute atomic E-state index is 0.0267. The lowest BCUT2D eigenvalue weighted by molar-refractivity contribution is -0.118. The second-order valence-electron chi connectivity index (χ2n) is 5.54. The quantitative estimate of drug-likeness (QED) is 0.539. The van der Waals surface area contributed by atoms with E-state index in [0.717, 1.165) is 24.9 Å². The van der Waals surface area contributed by atoms with E-state index in [1.165, 1.54) is 24.6 Å². The minimum atomic E-state index is 0.0267. The van der Waals surface area contributed by atoms with E-state index in [9.17, 15) is 4.79 Å². The highest BCUT2D eigenvalue weighted by molar-refractivity contribution is 7.99. The lowest BCUT2D eigenvalue weighted by atomic mass is 10.2. The highest BCUT2D eigenvalue weighted by Gasteiger charge is 2.14. The maximum Gasteiger partial charge on any atom is 0.230 e. The Hall–Kier alpha value is -1.53. The zero-order chi connectivity index (χ0) is 17.4. The van der Waals surface area contributed by atoms with Gasteiger partial charge in [0.25, 0.3) is 0 Å². The number of aromatic nitrogens is 3. The highest BCUT2D eigenvalue weighted by atomic mass is 35.5. The molecule has 1 aromatic heterocycles. The molecular formula is C17H23ClN4OS. The van der Waals surface area contributed by atoms with Gasteiger partial charge in [-0.3, -0.25) is 4.79 Å². The molecule has 0 radical (unpaired) electrons. The van der Waals surface area contributed by atoms with E-state index in [4.69, 9.17) is 11.6 Å². The lowest BCUT2D eigenvalue weighted by Crippen LogP contribution is -2.26. The van der Waals surface area contributed by atoms with Crippen molar-refractivity contribution in [2.75, 3.05) is 12.3 Å². The van der Waals surface area contributed by atoms with Gasteiger partial charge in [0.2, 0.25) is 5.91 Å². The molecule has 1 aromatic carbocycles.